The van der Waals surface area contributed by atoms with Crippen molar-refractivity contribution in [3.63, 3.8) is 0 Å². The van der Waals surface area contributed by atoms with Crippen molar-refractivity contribution in [2.75, 3.05) is 5.73 Å². The Morgan fingerprint density at radius 2 is 2.17 bits per heavy atom. The average molecular weight is 245 g/mol. The van der Waals surface area contributed by atoms with E-state index in [2.05, 4.69) is 5.10 Å². The van der Waals surface area contributed by atoms with Gasteiger partial charge in [0.05, 0.1) is 0 Å². The van der Waals surface area contributed by atoms with E-state index >= 15 is 0 Å². The number of benzene rings is 1. The summed E-state index contributed by atoms with van der Waals surface area (Å²) in [6.45, 7) is 4.33. The van der Waals surface area contributed by atoms with Crippen molar-refractivity contribution in [2.45, 2.75) is 20.4 Å². The Morgan fingerprint density at radius 3 is 2.83 bits per heavy atom. The molecule has 0 aliphatic carbocycles. The van der Waals surface area contributed by atoms with Crippen LogP contribution in [-0.4, -0.2) is 15.7 Å². The number of hydrogen-bond donors (Lipinski definition) is 1. The van der Waals surface area contributed by atoms with Crippen LogP contribution in [0.3, 0.4) is 0 Å². The van der Waals surface area contributed by atoms with Crippen LogP contribution >= 0.6 is 0 Å². The zero-order valence-electron chi connectivity index (χ0n) is 10.4. The van der Waals surface area contributed by atoms with Gasteiger partial charge in [-0.05, 0) is 25.5 Å². The molecule has 0 amide bonds. The van der Waals surface area contributed by atoms with Crippen LogP contribution < -0.4 is 10.5 Å². The van der Waals surface area contributed by atoms with Gasteiger partial charge < -0.3 is 10.5 Å². The van der Waals surface area contributed by atoms with Crippen LogP contribution in [-0.2, 0) is 6.54 Å². The van der Waals surface area contributed by atoms with Crippen LogP contribution in [0.1, 0.15) is 23.0 Å². The van der Waals surface area contributed by atoms with Gasteiger partial charge in [-0.15, -0.1) is 0 Å². The zero-order valence-corrected chi connectivity index (χ0v) is 10.4. The monoisotopic (exact) mass is 245 g/mol. The van der Waals surface area contributed by atoms with Crippen molar-refractivity contribution < 1.29 is 9.53 Å². The van der Waals surface area contributed by atoms with Crippen molar-refractivity contribution in [2.24, 2.45) is 0 Å². The van der Waals surface area contributed by atoms with E-state index in [1.807, 2.05) is 32.0 Å². The molecule has 94 valence electrons. The number of carbonyl (C=O) groups excluding carboxylic acids is 1. The molecule has 18 heavy (non-hydrogen) atoms. The summed E-state index contributed by atoms with van der Waals surface area (Å²) in [7, 11) is 0. The highest BCUT2D eigenvalue weighted by atomic mass is 16.5. The van der Waals surface area contributed by atoms with E-state index in [1.54, 1.807) is 6.07 Å². The number of anilines is 1. The molecule has 0 radical (unpaired) electrons. The fourth-order valence-corrected chi connectivity index (χ4v) is 1.67. The van der Waals surface area contributed by atoms with E-state index in [4.69, 9.17) is 10.5 Å². The first-order chi connectivity index (χ1) is 8.61. The van der Waals surface area contributed by atoms with E-state index in [0.717, 1.165) is 5.56 Å². The molecule has 0 aliphatic heterocycles. The number of aromatic nitrogens is 2. The fourth-order valence-electron chi connectivity index (χ4n) is 1.67. The van der Waals surface area contributed by atoms with Gasteiger partial charge >= 0.3 is 5.97 Å². The maximum absolute atomic E-state index is 12.0. The molecule has 1 heterocycles. The van der Waals surface area contributed by atoms with Gasteiger partial charge in [0.15, 0.2) is 0 Å². The SMILES string of the molecule is CCn1nc(N)cc1C(=O)Oc1ccccc1C. The van der Waals surface area contributed by atoms with Gasteiger partial charge in [-0.25, -0.2) is 4.79 Å². The summed E-state index contributed by atoms with van der Waals surface area (Å²) in [4.78, 5) is 12.0. The highest BCUT2D eigenvalue weighted by molar-refractivity contribution is 5.90. The molecule has 0 unspecified atom stereocenters. The number of rotatable bonds is 3. The predicted molar refractivity (Wildman–Crippen MR) is 68.5 cm³/mol. The maximum Gasteiger partial charge on any atom is 0.362 e. The molecule has 0 fully saturated rings. The number of hydrogen-bond acceptors (Lipinski definition) is 4. The van der Waals surface area contributed by atoms with Crippen LogP contribution in [0.5, 0.6) is 5.75 Å². The molecule has 0 atom stereocenters. The smallest absolute Gasteiger partial charge is 0.362 e. The number of para-hydroxylation sites is 1. The van der Waals surface area contributed by atoms with Gasteiger partial charge in [0, 0.05) is 12.6 Å². The number of esters is 1. The quantitative estimate of drug-likeness (QED) is 0.663. The minimum Gasteiger partial charge on any atom is -0.422 e. The van der Waals surface area contributed by atoms with E-state index < -0.39 is 5.97 Å². The lowest BCUT2D eigenvalue weighted by molar-refractivity contribution is 0.0720. The molecule has 0 saturated heterocycles. The van der Waals surface area contributed by atoms with E-state index in [0.29, 0.717) is 23.8 Å². The van der Waals surface area contributed by atoms with Crippen molar-refractivity contribution >= 4 is 11.8 Å². The summed E-state index contributed by atoms with van der Waals surface area (Å²) in [5.74, 6) is 0.411. The second kappa shape index (κ2) is 4.91. The number of nitrogens with zero attached hydrogens (tertiary/aromatic N) is 2. The third-order valence-corrected chi connectivity index (χ3v) is 2.60. The Morgan fingerprint density at radius 1 is 1.44 bits per heavy atom. The molecule has 2 aromatic rings. The Kier molecular flexibility index (Phi) is 3.32. The summed E-state index contributed by atoms with van der Waals surface area (Å²) < 4.78 is 6.86. The van der Waals surface area contributed by atoms with Gasteiger partial charge in [-0.3, -0.25) is 4.68 Å². The molecule has 1 aromatic heterocycles. The number of aryl methyl sites for hydroxylation is 2. The molecule has 0 saturated carbocycles. The summed E-state index contributed by atoms with van der Waals surface area (Å²) >= 11 is 0. The molecular formula is C13H15N3O2. The topological polar surface area (TPSA) is 70.1 Å². The van der Waals surface area contributed by atoms with E-state index in [9.17, 15) is 4.79 Å². The summed E-state index contributed by atoms with van der Waals surface area (Å²) in [6.07, 6.45) is 0. The number of nitrogen functional groups attached to an aromatic ring is 1. The van der Waals surface area contributed by atoms with Crippen LogP contribution in [0.25, 0.3) is 0 Å². The molecular weight excluding hydrogens is 230 g/mol. The molecule has 0 bridgehead atoms. The van der Waals surface area contributed by atoms with Crippen LogP contribution in [0, 0.1) is 6.92 Å². The lowest BCUT2D eigenvalue weighted by atomic mass is 10.2. The maximum atomic E-state index is 12.0. The molecule has 5 heteroatoms. The van der Waals surface area contributed by atoms with Gasteiger partial charge in [0.25, 0.3) is 0 Å². The lowest BCUT2D eigenvalue weighted by Gasteiger charge is -2.07. The second-order valence-corrected chi connectivity index (χ2v) is 3.93. The third kappa shape index (κ3) is 2.34. The molecule has 2 N–H and O–H groups in total. The normalized spacial score (nSPS) is 10.3. The van der Waals surface area contributed by atoms with Gasteiger partial charge in [0.1, 0.15) is 17.3 Å². The average Bonchev–Trinajstić information content (AvgIpc) is 2.73. The van der Waals surface area contributed by atoms with Crippen LogP contribution in [0.15, 0.2) is 30.3 Å². The highest BCUT2D eigenvalue weighted by Gasteiger charge is 2.16. The number of carbonyl (C=O) groups is 1. The van der Waals surface area contributed by atoms with Crippen molar-refractivity contribution in [3.05, 3.63) is 41.6 Å². The Bertz CT molecular complexity index is 575. The largest absolute Gasteiger partial charge is 0.422 e. The summed E-state index contributed by atoms with van der Waals surface area (Å²) in [5, 5.41) is 4.01. The van der Waals surface area contributed by atoms with E-state index in [1.165, 1.54) is 10.7 Å². The van der Waals surface area contributed by atoms with Crippen LogP contribution in [0.2, 0.25) is 0 Å². The Hall–Kier alpha value is -2.30. The third-order valence-electron chi connectivity index (χ3n) is 2.60. The lowest BCUT2D eigenvalue weighted by Crippen LogP contribution is -2.15. The van der Waals surface area contributed by atoms with Crippen molar-refractivity contribution in [3.8, 4) is 5.75 Å². The number of ether oxygens (including phenoxy) is 1. The minimum atomic E-state index is -0.449. The summed E-state index contributed by atoms with van der Waals surface area (Å²) in [5.41, 5.74) is 6.84. The van der Waals surface area contributed by atoms with Crippen molar-refractivity contribution in [1.82, 2.24) is 9.78 Å². The zero-order chi connectivity index (χ0) is 13.1. The van der Waals surface area contributed by atoms with Gasteiger partial charge in [-0.1, -0.05) is 18.2 Å². The molecule has 2 rings (SSSR count). The second-order valence-electron chi connectivity index (χ2n) is 3.93. The standard InChI is InChI=1S/C13H15N3O2/c1-3-16-10(8-12(14)15-16)13(17)18-11-7-5-4-6-9(11)2/h4-8H,3H2,1-2H3,(H2,14,15). The van der Waals surface area contributed by atoms with E-state index in [-0.39, 0.29) is 0 Å². The fraction of sp³-hybridized carbons (Fsp3) is 0.231. The number of nitrogens with two attached hydrogens (primary N) is 1. The molecule has 1 aromatic carbocycles. The summed E-state index contributed by atoms with van der Waals surface area (Å²) in [6, 6.07) is 8.86. The minimum absolute atomic E-state index is 0.314. The molecule has 0 aliphatic rings. The first-order valence-electron chi connectivity index (χ1n) is 5.73. The highest BCUT2D eigenvalue weighted by Crippen LogP contribution is 2.18. The molecule has 0 spiro atoms. The predicted octanol–water partition coefficient (Wildman–Crippen LogP) is 2.01. The first kappa shape index (κ1) is 12.2. The van der Waals surface area contributed by atoms with Gasteiger partial charge in [0.2, 0.25) is 0 Å². The van der Waals surface area contributed by atoms with Crippen LogP contribution in [0.4, 0.5) is 5.82 Å². The van der Waals surface area contributed by atoms with Crippen molar-refractivity contribution in [1.29, 1.82) is 0 Å². The van der Waals surface area contributed by atoms with Gasteiger partial charge in [-0.2, -0.15) is 5.10 Å². The first-order valence-corrected chi connectivity index (χ1v) is 5.73. The Labute approximate surface area is 105 Å². The molecule has 5 nitrogen and oxygen atoms in total. The Balaban J connectivity index is 2.25.